The summed E-state index contributed by atoms with van der Waals surface area (Å²) in [6.45, 7) is 6.23. The molecule has 0 aromatic carbocycles. The second kappa shape index (κ2) is 7.29. The first-order valence-corrected chi connectivity index (χ1v) is 6.24. The molecule has 2 aliphatic rings. The summed E-state index contributed by atoms with van der Waals surface area (Å²) in [6, 6.07) is 4.20. The number of rotatable bonds is 3. The minimum Gasteiger partial charge on any atom is -0.316 e. The summed E-state index contributed by atoms with van der Waals surface area (Å²) in [7, 11) is 0. The maximum atomic E-state index is 4.16. The van der Waals surface area contributed by atoms with Crippen LogP contribution in [0.3, 0.4) is 0 Å². The van der Waals surface area contributed by atoms with Gasteiger partial charge in [-0.2, -0.15) is 0 Å². The number of pyridine rings is 1. The topological polar surface area (TPSA) is 28.2 Å². The average Bonchev–Trinajstić information content (AvgIpc) is 2.88. The van der Waals surface area contributed by atoms with Gasteiger partial charge in [-0.1, -0.05) is 6.07 Å². The van der Waals surface area contributed by atoms with Crippen LogP contribution < -0.4 is 5.32 Å². The zero-order valence-corrected chi connectivity index (χ0v) is 12.1. The number of aromatic nitrogens is 1. The zero-order valence-electron chi connectivity index (χ0n) is 10.4. The van der Waals surface area contributed by atoms with Gasteiger partial charge in [0.1, 0.15) is 0 Å². The molecule has 1 aromatic rings. The quantitative estimate of drug-likeness (QED) is 0.917. The SMILES string of the molecule is Cl.Cl.c1cncc(CCN2C[C@H]3CNC[C@H]3C2)c1. The molecule has 2 saturated heterocycles. The number of fused-ring (bicyclic) bond motifs is 1. The summed E-state index contributed by atoms with van der Waals surface area (Å²) >= 11 is 0. The summed E-state index contributed by atoms with van der Waals surface area (Å²) in [5, 5.41) is 3.48. The summed E-state index contributed by atoms with van der Waals surface area (Å²) in [4.78, 5) is 6.77. The Morgan fingerprint density at radius 2 is 1.94 bits per heavy atom. The van der Waals surface area contributed by atoms with Gasteiger partial charge < -0.3 is 10.2 Å². The van der Waals surface area contributed by atoms with Gasteiger partial charge >= 0.3 is 0 Å². The van der Waals surface area contributed by atoms with Gasteiger partial charge in [0.2, 0.25) is 0 Å². The molecule has 1 aromatic heterocycles. The Bertz CT molecular complexity index is 335. The van der Waals surface area contributed by atoms with Gasteiger partial charge in [-0.05, 0) is 43.0 Å². The van der Waals surface area contributed by atoms with E-state index < -0.39 is 0 Å². The predicted octanol–water partition coefficient (Wildman–Crippen LogP) is 1.62. The lowest BCUT2D eigenvalue weighted by molar-refractivity contribution is 0.317. The van der Waals surface area contributed by atoms with E-state index in [2.05, 4.69) is 21.3 Å². The number of likely N-dealkylation sites (tertiary alicyclic amines) is 1. The van der Waals surface area contributed by atoms with E-state index in [1.807, 2.05) is 18.5 Å². The number of hydrogen-bond acceptors (Lipinski definition) is 3. The summed E-state index contributed by atoms with van der Waals surface area (Å²) in [6.07, 6.45) is 4.97. The van der Waals surface area contributed by atoms with E-state index in [1.54, 1.807) is 0 Å². The molecule has 5 heteroatoms. The molecule has 0 unspecified atom stereocenters. The molecule has 0 spiro atoms. The van der Waals surface area contributed by atoms with Crippen molar-refractivity contribution in [2.24, 2.45) is 11.8 Å². The largest absolute Gasteiger partial charge is 0.316 e. The van der Waals surface area contributed by atoms with Crippen LogP contribution >= 0.6 is 24.8 Å². The highest BCUT2D eigenvalue weighted by molar-refractivity contribution is 5.85. The molecule has 0 saturated carbocycles. The van der Waals surface area contributed by atoms with E-state index in [1.165, 1.54) is 38.3 Å². The molecule has 2 atom stereocenters. The number of nitrogens with zero attached hydrogens (tertiary/aromatic N) is 2. The van der Waals surface area contributed by atoms with E-state index >= 15 is 0 Å². The van der Waals surface area contributed by atoms with Crippen molar-refractivity contribution in [3.05, 3.63) is 30.1 Å². The summed E-state index contributed by atoms with van der Waals surface area (Å²) in [5.74, 6) is 1.82. The molecule has 0 bridgehead atoms. The van der Waals surface area contributed by atoms with Gasteiger partial charge in [0, 0.05) is 32.0 Å². The van der Waals surface area contributed by atoms with Crippen LogP contribution in [0, 0.1) is 11.8 Å². The Hall–Kier alpha value is -0.350. The molecule has 3 nitrogen and oxygen atoms in total. The van der Waals surface area contributed by atoms with Crippen molar-refractivity contribution in [3.8, 4) is 0 Å². The first-order chi connectivity index (χ1) is 7.92. The Morgan fingerprint density at radius 1 is 1.22 bits per heavy atom. The third kappa shape index (κ3) is 3.58. The van der Waals surface area contributed by atoms with Crippen LogP contribution in [-0.4, -0.2) is 42.6 Å². The lowest BCUT2D eigenvalue weighted by Gasteiger charge is -2.16. The van der Waals surface area contributed by atoms with Crippen molar-refractivity contribution >= 4 is 24.8 Å². The molecule has 102 valence electrons. The Balaban J connectivity index is 0.000000810. The fourth-order valence-electron chi connectivity index (χ4n) is 2.97. The fraction of sp³-hybridized carbons (Fsp3) is 0.615. The minimum absolute atomic E-state index is 0. The van der Waals surface area contributed by atoms with Crippen LogP contribution in [0.25, 0.3) is 0 Å². The molecule has 0 aliphatic carbocycles. The predicted molar refractivity (Wildman–Crippen MR) is 78.7 cm³/mol. The second-order valence-electron chi connectivity index (χ2n) is 5.05. The first-order valence-electron chi connectivity index (χ1n) is 6.24. The van der Waals surface area contributed by atoms with Crippen molar-refractivity contribution < 1.29 is 0 Å². The highest BCUT2D eigenvalue weighted by atomic mass is 35.5. The standard InChI is InChI=1S/C13H19N3.2ClH/c1-2-11(6-14-4-1)3-5-16-9-12-7-15-8-13(12)10-16;;/h1-2,4,6,12-13,15H,3,5,7-10H2;2*1H/t12-,13+;;. The third-order valence-electron chi connectivity index (χ3n) is 3.90. The molecular weight excluding hydrogens is 269 g/mol. The van der Waals surface area contributed by atoms with Crippen molar-refractivity contribution in [1.82, 2.24) is 15.2 Å². The lowest BCUT2D eigenvalue weighted by Crippen LogP contribution is -2.27. The van der Waals surface area contributed by atoms with Crippen LogP contribution in [0.4, 0.5) is 0 Å². The number of nitrogens with one attached hydrogen (secondary N) is 1. The Morgan fingerprint density at radius 3 is 2.56 bits per heavy atom. The van der Waals surface area contributed by atoms with Gasteiger partial charge in [-0.3, -0.25) is 4.98 Å². The van der Waals surface area contributed by atoms with Crippen LogP contribution in [0.5, 0.6) is 0 Å². The monoisotopic (exact) mass is 289 g/mol. The van der Waals surface area contributed by atoms with Crippen LogP contribution in [0.15, 0.2) is 24.5 Å². The highest BCUT2D eigenvalue weighted by Gasteiger charge is 2.35. The van der Waals surface area contributed by atoms with Crippen molar-refractivity contribution in [1.29, 1.82) is 0 Å². The van der Waals surface area contributed by atoms with Crippen molar-refractivity contribution in [2.45, 2.75) is 6.42 Å². The third-order valence-corrected chi connectivity index (χ3v) is 3.90. The minimum atomic E-state index is 0. The molecule has 2 aliphatic heterocycles. The first kappa shape index (κ1) is 15.7. The van der Waals surface area contributed by atoms with Gasteiger partial charge in [-0.15, -0.1) is 24.8 Å². The van der Waals surface area contributed by atoms with Gasteiger partial charge in [-0.25, -0.2) is 0 Å². The van der Waals surface area contributed by atoms with E-state index in [0.717, 1.165) is 18.3 Å². The molecule has 18 heavy (non-hydrogen) atoms. The summed E-state index contributed by atoms with van der Waals surface area (Å²) < 4.78 is 0. The Labute approximate surface area is 121 Å². The fourth-order valence-corrected chi connectivity index (χ4v) is 2.97. The van der Waals surface area contributed by atoms with Crippen LogP contribution in [0.2, 0.25) is 0 Å². The molecule has 3 heterocycles. The normalized spacial score (nSPS) is 26.2. The van der Waals surface area contributed by atoms with E-state index in [9.17, 15) is 0 Å². The summed E-state index contributed by atoms with van der Waals surface area (Å²) in [5.41, 5.74) is 1.36. The molecule has 3 rings (SSSR count). The van der Waals surface area contributed by atoms with Crippen LogP contribution in [-0.2, 0) is 6.42 Å². The zero-order chi connectivity index (χ0) is 10.8. The molecular formula is C13H21Cl2N3. The highest BCUT2D eigenvalue weighted by Crippen LogP contribution is 2.26. The lowest BCUT2D eigenvalue weighted by atomic mass is 10.0. The van der Waals surface area contributed by atoms with E-state index in [4.69, 9.17) is 0 Å². The maximum Gasteiger partial charge on any atom is 0.0300 e. The number of halogens is 2. The molecule has 2 fully saturated rings. The second-order valence-corrected chi connectivity index (χ2v) is 5.05. The van der Waals surface area contributed by atoms with Crippen molar-refractivity contribution in [3.63, 3.8) is 0 Å². The smallest absolute Gasteiger partial charge is 0.0300 e. The number of hydrogen-bond donors (Lipinski definition) is 1. The van der Waals surface area contributed by atoms with Gasteiger partial charge in [0.15, 0.2) is 0 Å². The maximum absolute atomic E-state index is 4.16. The van der Waals surface area contributed by atoms with E-state index in [-0.39, 0.29) is 24.8 Å². The molecule has 0 radical (unpaired) electrons. The van der Waals surface area contributed by atoms with Crippen LogP contribution in [0.1, 0.15) is 5.56 Å². The molecule has 0 amide bonds. The van der Waals surface area contributed by atoms with Gasteiger partial charge in [0.05, 0.1) is 0 Å². The molecule has 1 N–H and O–H groups in total. The van der Waals surface area contributed by atoms with E-state index in [0.29, 0.717) is 0 Å². The Kier molecular flexibility index (Phi) is 6.36. The van der Waals surface area contributed by atoms with Crippen molar-refractivity contribution in [2.75, 3.05) is 32.7 Å². The average molecular weight is 290 g/mol. The van der Waals surface area contributed by atoms with Gasteiger partial charge in [0.25, 0.3) is 0 Å².